The van der Waals surface area contributed by atoms with Crippen LogP contribution >= 0.6 is 23.5 Å². The zero-order valence-corrected chi connectivity index (χ0v) is 14.3. The van der Waals surface area contributed by atoms with Gasteiger partial charge < -0.3 is 5.32 Å². The Morgan fingerprint density at radius 1 is 1.43 bits per heavy atom. The third kappa shape index (κ3) is 5.56. The van der Waals surface area contributed by atoms with Gasteiger partial charge in [0.2, 0.25) is 5.91 Å². The van der Waals surface area contributed by atoms with Crippen molar-refractivity contribution in [1.29, 1.82) is 0 Å². The van der Waals surface area contributed by atoms with Gasteiger partial charge in [0.1, 0.15) is 0 Å². The number of sulfone groups is 1. The van der Waals surface area contributed by atoms with Crippen LogP contribution in [-0.2, 0) is 14.6 Å². The smallest absolute Gasteiger partial charge is 0.234 e. The Morgan fingerprint density at radius 2 is 2.24 bits per heavy atom. The number of nitrogens with one attached hydrogen (secondary N) is 1. The largest absolute Gasteiger partial charge is 0.325 e. The Morgan fingerprint density at radius 3 is 2.90 bits per heavy atom. The second-order valence-electron chi connectivity index (χ2n) is 4.85. The molecule has 0 radical (unpaired) electrons. The molecule has 0 spiro atoms. The summed E-state index contributed by atoms with van der Waals surface area (Å²) in [5, 5.41) is 2.92. The Labute approximate surface area is 134 Å². The molecule has 1 saturated heterocycles. The van der Waals surface area contributed by atoms with Crippen LogP contribution in [0.3, 0.4) is 0 Å². The van der Waals surface area contributed by atoms with Crippen LogP contribution in [0.1, 0.15) is 13.3 Å². The highest BCUT2D eigenvalue weighted by Gasteiger charge is 2.28. The standard InChI is InChI=1S/C14H19NO3S3/c1-2-19-12-5-3-4-11(8-12)15-14(16)9-20-13-6-7-21(17,18)10-13/h3-5,8,13H,2,6-7,9-10H2,1H3,(H,15,16)/t13-/m0/s1. The zero-order chi connectivity index (χ0) is 15.3. The normalized spacial score (nSPS) is 20.3. The summed E-state index contributed by atoms with van der Waals surface area (Å²) in [7, 11) is -2.87. The molecule has 4 nitrogen and oxygen atoms in total. The van der Waals surface area contributed by atoms with Gasteiger partial charge in [0.15, 0.2) is 9.84 Å². The summed E-state index contributed by atoms with van der Waals surface area (Å²) in [5.74, 6) is 1.66. The maximum atomic E-state index is 11.9. The van der Waals surface area contributed by atoms with Crippen LogP contribution in [0.2, 0.25) is 0 Å². The zero-order valence-electron chi connectivity index (χ0n) is 11.9. The Hall–Kier alpha value is -0.660. The summed E-state index contributed by atoms with van der Waals surface area (Å²) in [5.41, 5.74) is 0.790. The van der Waals surface area contributed by atoms with E-state index in [0.29, 0.717) is 12.2 Å². The Balaban J connectivity index is 1.80. The monoisotopic (exact) mass is 345 g/mol. The Bertz CT molecular complexity index is 601. The van der Waals surface area contributed by atoms with Gasteiger partial charge in [-0.1, -0.05) is 13.0 Å². The van der Waals surface area contributed by atoms with E-state index in [0.717, 1.165) is 16.3 Å². The summed E-state index contributed by atoms with van der Waals surface area (Å²) >= 11 is 3.16. The van der Waals surface area contributed by atoms with E-state index in [4.69, 9.17) is 0 Å². The summed E-state index contributed by atoms with van der Waals surface area (Å²) in [4.78, 5) is 13.0. The fraction of sp³-hybridized carbons (Fsp3) is 0.500. The van der Waals surface area contributed by atoms with Gasteiger partial charge in [-0.25, -0.2) is 8.42 Å². The number of hydrogen-bond acceptors (Lipinski definition) is 5. The molecule has 0 unspecified atom stereocenters. The van der Waals surface area contributed by atoms with E-state index in [1.54, 1.807) is 11.8 Å². The molecule has 1 atom stereocenters. The van der Waals surface area contributed by atoms with Gasteiger partial charge in [0.25, 0.3) is 0 Å². The molecule has 0 bridgehead atoms. The number of carbonyl (C=O) groups is 1. The molecule has 116 valence electrons. The highest BCUT2D eigenvalue weighted by molar-refractivity contribution is 8.02. The van der Waals surface area contributed by atoms with Crippen molar-refractivity contribution in [2.75, 3.05) is 28.3 Å². The Kier molecular flexibility index (Phi) is 6.01. The number of rotatable bonds is 6. The third-order valence-corrected chi connectivity index (χ3v) is 7.23. The van der Waals surface area contributed by atoms with Gasteiger partial charge >= 0.3 is 0 Å². The minimum atomic E-state index is -2.87. The molecule has 0 saturated carbocycles. The van der Waals surface area contributed by atoms with Gasteiger partial charge in [-0.3, -0.25) is 4.79 Å². The molecule has 1 aliphatic heterocycles. The van der Waals surface area contributed by atoms with Crippen LogP contribution in [-0.4, -0.2) is 42.6 Å². The van der Waals surface area contributed by atoms with E-state index in [-0.39, 0.29) is 22.7 Å². The van der Waals surface area contributed by atoms with E-state index in [1.165, 1.54) is 11.8 Å². The van der Waals surface area contributed by atoms with Gasteiger partial charge in [0.05, 0.1) is 17.3 Å². The molecule has 2 rings (SSSR count). The number of carbonyl (C=O) groups excluding carboxylic acids is 1. The molecule has 1 N–H and O–H groups in total. The molecule has 1 aromatic rings. The number of anilines is 1. The van der Waals surface area contributed by atoms with Crippen LogP contribution in [0.4, 0.5) is 5.69 Å². The minimum absolute atomic E-state index is 0.0581. The van der Waals surface area contributed by atoms with Crippen molar-refractivity contribution in [2.45, 2.75) is 23.5 Å². The number of benzene rings is 1. The van der Waals surface area contributed by atoms with Crippen molar-refractivity contribution in [3.8, 4) is 0 Å². The van der Waals surface area contributed by atoms with Crippen LogP contribution < -0.4 is 5.32 Å². The lowest BCUT2D eigenvalue weighted by molar-refractivity contribution is -0.113. The van der Waals surface area contributed by atoms with Crippen LogP contribution in [0.5, 0.6) is 0 Å². The van der Waals surface area contributed by atoms with Crippen molar-refractivity contribution < 1.29 is 13.2 Å². The molecule has 0 aromatic heterocycles. The predicted octanol–water partition coefficient (Wildman–Crippen LogP) is 2.66. The van der Waals surface area contributed by atoms with Crippen molar-refractivity contribution in [3.05, 3.63) is 24.3 Å². The summed E-state index contributed by atoms with van der Waals surface area (Å²) in [6, 6.07) is 7.76. The van der Waals surface area contributed by atoms with Crippen LogP contribution in [0.15, 0.2) is 29.2 Å². The second-order valence-corrected chi connectivity index (χ2v) is 9.70. The molecule has 1 amide bonds. The summed E-state index contributed by atoms with van der Waals surface area (Å²) in [6.07, 6.45) is 0.656. The number of thioether (sulfide) groups is 2. The van der Waals surface area contributed by atoms with Crippen molar-refractivity contribution in [1.82, 2.24) is 0 Å². The number of hydrogen-bond donors (Lipinski definition) is 1. The lowest BCUT2D eigenvalue weighted by atomic mass is 10.3. The first kappa shape index (κ1) is 16.7. The quantitative estimate of drug-likeness (QED) is 0.803. The van der Waals surface area contributed by atoms with Crippen LogP contribution in [0, 0.1) is 0 Å². The van der Waals surface area contributed by atoms with Gasteiger partial charge in [0, 0.05) is 15.8 Å². The maximum absolute atomic E-state index is 11.9. The SMILES string of the molecule is CCSc1cccc(NC(=O)CS[C@H]2CCS(=O)(=O)C2)c1. The molecule has 0 aliphatic carbocycles. The molecule has 7 heteroatoms. The average molecular weight is 346 g/mol. The maximum Gasteiger partial charge on any atom is 0.234 e. The first-order chi connectivity index (χ1) is 9.98. The van der Waals surface area contributed by atoms with Gasteiger partial charge in [-0.15, -0.1) is 23.5 Å². The average Bonchev–Trinajstić information content (AvgIpc) is 2.77. The first-order valence-electron chi connectivity index (χ1n) is 6.83. The molecule has 1 aliphatic rings. The van der Waals surface area contributed by atoms with Gasteiger partial charge in [-0.2, -0.15) is 0 Å². The molecular formula is C14H19NO3S3. The fourth-order valence-corrected chi connectivity index (χ4v) is 6.27. The van der Waals surface area contributed by atoms with Crippen molar-refractivity contribution in [3.63, 3.8) is 0 Å². The van der Waals surface area contributed by atoms with E-state index < -0.39 is 9.84 Å². The molecular weight excluding hydrogens is 326 g/mol. The molecule has 1 heterocycles. The summed E-state index contributed by atoms with van der Waals surface area (Å²) < 4.78 is 22.7. The first-order valence-corrected chi connectivity index (χ1v) is 10.7. The van der Waals surface area contributed by atoms with Crippen molar-refractivity contribution >= 4 is 45.0 Å². The van der Waals surface area contributed by atoms with E-state index >= 15 is 0 Å². The van der Waals surface area contributed by atoms with Gasteiger partial charge in [-0.05, 0) is 30.4 Å². The van der Waals surface area contributed by atoms with E-state index in [1.807, 2.05) is 24.3 Å². The second kappa shape index (κ2) is 7.56. The molecule has 21 heavy (non-hydrogen) atoms. The predicted molar refractivity (Wildman–Crippen MR) is 91.0 cm³/mol. The third-order valence-electron chi connectivity index (χ3n) is 3.07. The van der Waals surface area contributed by atoms with Crippen LogP contribution in [0.25, 0.3) is 0 Å². The highest BCUT2D eigenvalue weighted by Crippen LogP contribution is 2.25. The number of amides is 1. The lowest BCUT2D eigenvalue weighted by Crippen LogP contribution is -2.17. The topological polar surface area (TPSA) is 63.2 Å². The summed E-state index contributed by atoms with van der Waals surface area (Å²) in [6.45, 7) is 2.09. The fourth-order valence-electron chi connectivity index (χ4n) is 2.11. The molecule has 1 fully saturated rings. The lowest BCUT2D eigenvalue weighted by Gasteiger charge is -2.09. The van der Waals surface area contributed by atoms with E-state index in [9.17, 15) is 13.2 Å². The molecule has 1 aromatic carbocycles. The van der Waals surface area contributed by atoms with E-state index in [2.05, 4.69) is 12.2 Å². The van der Waals surface area contributed by atoms with Crippen molar-refractivity contribution in [2.24, 2.45) is 0 Å². The minimum Gasteiger partial charge on any atom is -0.325 e. The highest BCUT2D eigenvalue weighted by atomic mass is 32.2.